The third kappa shape index (κ3) is 6.45. The molecule has 0 radical (unpaired) electrons. The zero-order valence-corrected chi connectivity index (χ0v) is 20.6. The highest BCUT2D eigenvalue weighted by Gasteiger charge is 2.30. The number of hydrogen-bond donors (Lipinski definition) is 3. The van der Waals surface area contributed by atoms with Crippen molar-refractivity contribution in [3.8, 4) is 0 Å². The van der Waals surface area contributed by atoms with Gasteiger partial charge in [0, 0.05) is 44.0 Å². The fourth-order valence-electron chi connectivity index (χ4n) is 5.11. The number of aliphatic hydroxyl groups excluding tert-OH is 1. The Hall–Kier alpha value is -2.36. The van der Waals surface area contributed by atoms with Gasteiger partial charge in [0.15, 0.2) is 5.82 Å². The molecule has 9 heteroatoms. The van der Waals surface area contributed by atoms with Crippen LogP contribution < -0.4 is 10.6 Å². The molecule has 1 aromatic heterocycles. The van der Waals surface area contributed by atoms with Crippen LogP contribution >= 0.6 is 0 Å². The minimum Gasteiger partial charge on any atom is -0.392 e. The van der Waals surface area contributed by atoms with E-state index in [0.29, 0.717) is 43.2 Å². The number of carbonyl (C=O) groups excluding carboxylic acids is 1. The number of amides is 1. The van der Waals surface area contributed by atoms with Gasteiger partial charge in [0.1, 0.15) is 11.6 Å². The average molecular weight is 490 g/mol. The number of likely N-dealkylation sites (tertiary alicyclic amines) is 1. The van der Waals surface area contributed by atoms with Crippen molar-refractivity contribution >= 4 is 11.7 Å². The number of aliphatic hydroxyl groups is 1. The first kappa shape index (κ1) is 25.7. The highest BCUT2D eigenvalue weighted by molar-refractivity contribution is 5.94. The quantitative estimate of drug-likeness (QED) is 0.451. The van der Waals surface area contributed by atoms with Gasteiger partial charge in [0.2, 0.25) is 5.91 Å². The summed E-state index contributed by atoms with van der Waals surface area (Å²) >= 11 is 0. The molecule has 2 aliphatic rings. The average Bonchev–Trinajstić information content (AvgIpc) is 3.27. The molecule has 192 valence electrons. The van der Waals surface area contributed by atoms with E-state index >= 15 is 0 Å². The molecular formula is C26H37F2N5O2. The van der Waals surface area contributed by atoms with Gasteiger partial charge in [-0.1, -0.05) is 20.3 Å². The molecule has 0 bridgehead atoms. The summed E-state index contributed by atoms with van der Waals surface area (Å²) in [4.78, 5) is 19.7. The van der Waals surface area contributed by atoms with Gasteiger partial charge in [-0.3, -0.25) is 9.69 Å². The van der Waals surface area contributed by atoms with Crippen molar-refractivity contribution in [2.24, 2.45) is 0 Å². The minimum atomic E-state index is -0.543. The van der Waals surface area contributed by atoms with E-state index in [1.165, 1.54) is 6.07 Å². The van der Waals surface area contributed by atoms with Crippen LogP contribution in [0.4, 0.5) is 14.6 Å². The molecule has 1 aromatic carbocycles. The van der Waals surface area contributed by atoms with Crippen LogP contribution in [0.25, 0.3) is 0 Å². The summed E-state index contributed by atoms with van der Waals surface area (Å²) in [6.07, 6.45) is 8.32. The summed E-state index contributed by atoms with van der Waals surface area (Å²) in [6, 6.07) is 2.24. The third-order valence-electron chi connectivity index (χ3n) is 7.28. The van der Waals surface area contributed by atoms with Gasteiger partial charge in [-0.05, 0) is 55.7 Å². The number of hydrogen-bond acceptors (Lipinski definition) is 5. The Kier molecular flexibility index (Phi) is 8.51. The Balaban J connectivity index is 1.32. The summed E-state index contributed by atoms with van der Waals surface area (Å²) in [5.41, 5.74) is 1.26. The number of carbonyl (C=O) groups is 1. The highest BCUT2D eigenvalue weighted by Crippen LogP contribution is 2.26. The van der Waals surface area contributed by atoms with E-state index in [4.69, 9.17) is 0 Å². The number of β-amino-alcohol motifs (C(OH)–C–C–N with tert-alkyl or cyclic N) is 1. The van der Waals surface area contributed by atoms with Crippen molar-refractivity contribution in [2.75, 3.05) is 18.4 Å². The molecule has 1 saturated heterocycles. The number of rotatable bonds is 11. The van der Waals surface area contributed by atoms with E-state index in [1.807, 2.05) is 24.6 Å². The molecule has 4 rings (SSSR count). The van der Waals surface area contributed by atoms with Crippen LogP contribution in [0.15, 0.2) is 24.7 Å². The number of aryl methyl sites for hydroxylation is 1. The number of fused-ring (bicyclic) bond motifs is 1. The maximum atomic E-state index is 14.3. The van der Waals surface area contributed by atoms with Crippen LogP contribution in [0.2, 0.25) is 0 Å². The number of imidazole rings is 1. The van der Waals surface area contributed by atoms with Gasteiger partial charge in [-0.25, -0.2) is 13.8 Å². The maximum absolute atomic E-state index is 14.3. The van der Waals surface area contributed by atoms with Crippen LogP contribution in [0, 0.1) is 11.6 Å². The lowest BCUT2D eigenvalue weighted by atomic mass is 9.87. The molecule has 3 N–H and O–H groups in total. The van der Waals surface area contributed by atoms with Crippen molar-refractivity contribution in [3.05, 3.63) is 47.4 Å². The van der Waals surface area contributed by atoms with Crippen LogP contribution in [-0.4, -0.2) is 62.8 Å². The van der Waals surface area contributed by atoms with Crippen molar-refractivity contribution in [2.45, 2.75) is 89.6 Å². The largest absolute Gasteiger partial charge is 0.392 e. The van der Waals surface area contributed by atoms with E-state index in [-0.39, 0.29) is 18.1 Å². The molecule has 0 unspecified atom stereocenters. The van der Waals surface area contributed by atoms with Gasteiger partial charge >= 0.3 is 0 Å². The van der Waals surface area contributed by atoms with Crippen molar-refractivity contribution in [3.63, 3.8) is 0 Å². The van der Waals surface area contributed by atoms with Crippen LogP contribution in [-0.2, 0) is 24.2 Å². The topological polar surface area (TPSA) is 82.4 Å². The lowest BCUT2D eigenvalue weighted by Crippen LogP contribution is -2.52. The van der Waals surface area contributed by atoms with Crippen LogP contribution in [0.1, 0.15) is 57.1 Å². The van der Waals surface area contributed by atoms with Crippen molar-refractivity contribution in [1.82, 2.24) is 19.8 Å². The summed E-state index contributed by atoms with van der Waals surface area (Å²) in [6.45, 7) is 6.46. The SMILES string of the molecule is CCC[C@H](N[C@H]1CCc2cc(F)cc(F)c2C1)C(=O)Nc1cn(C[C@@H]2CCN2C[C@@H](O)CC)cn1. The summed E-state index contributed by atoms with van der Waals surface area (Å²) in [5, 5.41) is 16.3. The molecular weight excluding hydrogens is 452 g/mol. The molecule has 1 aliphatic heterocycles. The fourth-order valence-corrected chi connectivity index (χ4v) is 5.11. The standard InChI is InChI=1S/C26H37F2N5O2/c1-3-5-24(30-19-7-6-17-10-18(27)11-23(28)22(17)12-19)26(35)31-25-15-32(16-29-25)13-20-8-9-33(20)14-21(34)4-2/h10-11,15-16,19-21,24,30,34H,3-9,12-14H2,1-2H3,(H,31,35)/t19-,20-,21-,24-/m0/s1. The Morgan fingerprint density at radius 2 is 2.11 bits per heavy atom. The molecule has 0 saturated carbocycles. The molecule has 35 heavy (non-hydrogen) atoms. The van der Waals surface area contributed by atoms with E-state index in [2.05, 4.69) is 20.5 Å². The fraction of sp³-hybridized carbons (Fsp3) is 0.615. The third-order valence-corrected chi connectivity index (χ3v) is 7.28. The van der Waals surface area contributed by atoms with E-state index in [0.717, 1.165) is 50.4 Å². The predicted molar refractivity (Wildman–Crippen MR) is 131 cm³/mol. The first-order valence-electron chi connectivity index (χ1n) is 12.8. The number of aromatic nitrogens is 2. The summed E-state index contributed by atoms with van der Waals surface area (Å²) in [7, 11) is 0. The zero-order valence-electron chi connectivity index (χ0n) is 20.6. The second-order valence-corrected chi connectivity index (χ2v) is 9.92. The van der Waals surface area contributed by atoms with Gasteiger partial charge < -0.3 is 20.3 Å². The number of nitrogens with one attached hydrogen (secondary N) is 2. The minimum absolute atomic E-state index is 0.0506. The number of benzene rings is 1. The lowest BCUT2D eigenvalue weighted by molar-refractivity contribution is -0.118. The van der Waals surface area contributed by atoms with Gasteiger partial charge in [-0.2, -0.15) is 0 Å². The molecule has 7 nitrogen and oxygen atoms in total. The molecule has 4 atom stereocenters. The zero-order chi connectivity index (χ0) is 24.9. The highest BCUT2D eigenvalue weighted by atomic mass is 19.1. The van der Waals surface area contributed by atoms with Crippen LogP contribution in [0.3, 0.4) is 0 Å². The molecule has 2 heterocycles. The molecule has 1 aliphatic carbocycles. The smallest absolute Gasteiger partial charge is 0.242 e. The number of anilines is 1. The summed E-state index contributed by atoms with van der Waals surface area (Å²) in [5.74, 6) is -0.701. The van der Waals surface area contributed by atoms with Crippen molar-refractivity contribution in [1.29, 1.82) is 0 Å². The first-order chi connectivity index (χ1) is 16.9. The summed E-state index contributed by atoms with van der Waals surface area (Å²) < 4.78 is 29.8. The Labute approximate surface area is 205 Å². The van der Waals surface area contributed by atoms with E-state index in [1.54, 1.807) is 6.33 Å². The van der Waals surface area contributed by atoms with Gasteiger partial charge in [0.25, 0.3) is 0 Å². The molecule has 1 amide bonds. The monoisotopic (exact) mass is 489 g/mol. The normalized spacial score (nSPS) is 21.7. The first-order valence-corrected chi connectivity index (χ1v) is 12.8. The molecule has 0 spiro atoms. The number of halogens is 2. The number of nitrogens with zero attached hydrogens (tertiary/aromatic N) is 3. The second-order valence-electron chi connectivity index (χ2n) is 9.92. The van der Waals surface area contributed by atoms with Gasteiger partial charge in [0.05, 0.1) is 18.5 Å². The lowest BCUT2D eigenvalue weighted by Gasteiger charge is -2.42. The Bertz CT molecular complexity index is 1010. The Morgan fingerprint density at radius 1 is 1.29 bits per heavy atom. The van der Waals surface area contributed by atoms with Gasteiger partial charge in [-0.15, -0.1) is 0 Å². The molecule has 2 aromatic rings. The van der Waals surface area contributed by atoms with E-state index < -0.39 is 17.7 Å². The second kappa shape index (κ2) is 11.6. The van der Waals surface area contributed by atoms with Crippen LogP contribution in [0.5, 0.6) is 0 Å². The van der Waals surface area contributed by atoms with Crippen molar-refractivity contribution < 1.29 is 18.7 Å². The maximum Gasteiger partial charge on any atom is 0.242 e. The predicted octanol–water partition coefficient (Wildman–Crippen LogP) is 3.26. The van der Waals surface area contributed by atoms with E-state index in [9.17, 15) is 18.7 Å². The Morgan fingerprint density at radius 3 is 2.83 bits per heavy atom. The molecule has 1 fully saturated rings.